The van der Waals surface area contributed by atoms with Crippen molar-refractivity contribution < 1.29 is 32.2 Å². The summed E-state index contributed by atoms with van der Waals surface area (Å²) in [6.45, 7) is 1.19. The minimum Gasteiger partial charge on any atom is -0.469 e. The monoisotopic (exact) mass is 348 g/mol. The second-order valence-corrected chi connectivity index (χ2v) is 6.18. The Kier molecular flexibility index (Phi) is 4.93. The number of rotatable bonds is 4. The van der Waals surface area contributed by atoms with Gasteiger partial charge in [-0.25, -0.2) is 0 Å². The zero-order valence-electron chi connectivity index (χ0n) is 12.5. The number of hydrogen-bond donors (Lipinski definition) is 0. The molecular weight excluding hydrogens is 333 g/mol. The molecule has 126 valence electrons. The number of esters is 2. The van der Waals surface area contributed by atoms with Crippen LogP contribution >= 0.6 is 11.8 Å². The fourth-order valence-corrected chi connectivity index (χ4v) is 3.80. The maximum absolute atomic E-state index is 13.0. The number of methoxy groups -OCH3 is 1. The van der Waals surface area contributed by atoms with E-state index in [2.05, 4.69) is 4.74 Å². The van der Waals surface area contributed by atoms with Gasteiger partial charge in [-0.1, -0.05) is 0 Å². The fraction of sp³-hybridized carbons (Fsp3) is 0.467. The summed E-state index contributed by atoms with van der Waals surface area (Å²) in [5, 5.41) is 0. The van der Waals surface area contributed by atoms with Crippen LogP contribution in [0.2, 0.25) is 0 Å². The highest BCUT2D eigenvalue weighted by atomic mass is 32.2. The van der Waals surface area contributed by atoms with Gasteiger partial charge in [-0.2, -0.15) is 13.2 Å². The standard InChI is InChI=1S/C15H15F3O4S/c1-9(19)22-14(6-5-13(20)21-2)8-23-12-4-3-10(7-11(12)14)15(16,17)18/h3-4,7H,5-6,8H2,1-2H3. The van der Waals surface area contributed by atoms with Gasteiger partial charge < -0.3 is 9.47 Å². The Bertz CT molecular complexity index is 630. The van der Waals surface area contributed by atoms with Gasteiger partial charge >= 0.3 is 18.1 Å². The molecule has 0 amide bonds. The Morgan fingerprint density at radius 2 is 2.04 bits per heavy atom. The van der Waals surface area contributed by atoms with E-state index < -0.39 is 29.3 Å². The SMILES string of the molecule is COC(=O)CCC1(OC(C)=O)CSc2ccc(C(F)(F)F)cc21. The Hall–Kier alpha value is -1.70. The van der Waals surface area contributed by atoms with Crippen molar-refractivity contribution in [3.05, 3.63) is 29.3 Å². The minimum atomic E-state index is -4.49. The van der Waals surface area contributed by atoms with E-state index in [1.807, 2.05) is 0 Å². The molecule has 2 rings (SSSR count). The molecule has 0 saturated heterocycles. The maximum Gasteiger partial charge on any atom is 0.416 e. The van der Waals surface area contributed by atoms with E-state index in [9.17, 15) is 22.8 Å². The second-order valence-electron chi connectivity index (χ2n) is 5.16. The smallest absolute Gasteiger partial charge is 0.416 e. The number of benzene rings is 1. The summed E-state index contributed by atoms with van der Waals surface area (Å²) in [5.41, 5.74) is -1.77. The van der Waals surface area contributed by atoms with Crippen LogP contribution in [0, 0.1) is 0 Å². The van der Waals surface area contributed by atoms with Crippen LogP contribution in [0.5, 0.6) is 0 Å². The molecular formula is C15H15F3O4S. The van der Waals surface area contributed by atoms with Gasteiger partial charge in [0.2, 0.25) is 0 Å². The summed E-state index contributed by atoms with van der Waals surface area (Å²) >= 11 is 1.30. The third-order valence-corrected chi connectivity index (χ3v) is 4.84. The normalized spacial score (nSPS) is 20.0. The van der Waals surface area contributed by atoms with E-state index >= 15 is 0 Å². The van der Waals surface area contributed by atoms with Crippen LogP contribution < -0.4 is 0 Å². The lowest BCUT2D eigenvalue weighted by molar-refractivity contribution is -0.159. The molecule has 0 fully saturated rings. The van der Waals surface area contributed by atoms with Crippen LogP contribution in [-0.4, -0.2) is 24.8 Å². The molecule has 1 aliphatic rings. The highest BCUT2D eigenvalue weighted by molar-refractivity contribution is 7.99. The number of ether oxygens (including phenoxy) is 2. The van der Waals surface area contributed by atoms with Gasteiger partial charge in [0.25, 0.3) is 0 Å². The lowest BCUT2D eigenvalue weighted by atomic mass is 9.89. The highest BCUT2D eigenvalue weighted by Gasteiger charge is 2.44. The largest absolute Gasteiger partial charge is 0.469 e. The molecule has 0 N–H and O–H groups in total. The van der Waals surface area contributed by atoms with Crippen LogP contribution in [0.4, 0.5) is 13.2 Å². The van der Waals surface area contributed by atoms with Gasteiger partial charge in [-0.15, -0.1) is 11.8 Å². The maximum atomic E-state index is 13.0. The number of carbonyl (C=O) groups is 2. The van der Waals surface area contributed by atoms with E-state index in [4.69, 9.17) is 4.74 Å². The average molecular weight is 348 g/mol. The summed E-state index contributed by atoms with van der Waals surface area (Å²) in [7, 11) is 1.22. The summed E-state index contributed by atoms with van der Waals surface area (Å²) in [6, 6.07) is 3.36. The van der Waals surface area contributed by atoms with E-state index in [0.29, 0.717) is 4.90 Å². The molecule has 0 aromatic heterocycles. The van der Waals surface area contributed by atoms with Crippen LogP contribution in [0.25, 0.3) is 0 Å². The van der Waals surface area contributed by atoms with Gasteiger partial charge in [0.1, 0.15) is 5.60 Å². The molecule has 23 heavy (non-hydrogen) atoms. The molecule has 8 heteroatoms. The molecule has 0 saturated carbocycles. The third-order valence-electron chi connectivity index (χ3n) is 3.56. The lowest BCUT2D eigenvalue weighted by Gasteiger charge is -2.29. The third kappa shape index (κ3) is 3.80. The van der Waals surface area contributed by atoms with Crippen molar-refractivity contribution in [2.45, 2.75) is 36.4 Å². The van der Waals surface area contributed by atoms with Crippen LogP contribution in [-0.2, 0) is 30.8 Å². The highest BCUT2D eigenvalue weighted by Crippen LogP contribution is 2.49. The zero-order valence-corrected chi connectivity index (χ0v) is 13.3. The minimum absolute atomic E-state index is 0.0555. The molecule has 4 nitrogen and oxygen atoms in total. The lowest BCUT2D eigenvalue weighted by Crippen LogP contribution is -2.33. The van der Waals surface area contributed by atoms with E-state index in [0.717, 1.165) is 12.1 Å². The van der Waals surface area contributed by atoms with Crippen molar-refractivity contribution in [2.75, 3.05) is 12.9 Å². The van der Waals surface area contributed by atoms with Crippen molar-refractivity contribution in [1.82, 2.24) is 0 Å². The number of carbonyl (C=O) groups excluding carboxylic acids is 2. The molecule has 1 aromatic rings. The number of alkyl halides is 3. The summed E-state index contributed by atoms with van der Waals surface area (Å²) in [5.74, 6) is -0.858. The molecule has 1 atom stereocenters. The molecule has 0 bridgehead atoms. The van der Waals surface area contributed by atoms with Gasteiger partial charge in [-0.05, 0) is 18.2 Å². The second kappa shape index (κ2) is 6.43. The predicted molar refractivity (Wildman–Crippen MR) is 76.9 cm³/mol. The zero-order chi connectivity index (χ0) is 17.3. The molecule has 1 aliphatic heterocycles. The van der Waals surface area contributed by atoms with Crippen molar-refractivity contribution in [3.8, 4) is 0 Å². The number of halogens is 3. The predicted octanol–water partition coefficient (Wildman–Crippen LogP) is 3.52. The molecule has 0 aliphatic carbocycles. The van der Waals surface area contributed by atoms with Crippen LogP contribution in [0.1, 0.15) is 30.9 Å². The van der Waals surface area contributed by atoms with Crippen LogP contribution in [0.3, 0.4) is 0 Å². The molecule has 0 spiro atoms. The Labute approximate surface area is 135 Å². The molecule has 1 aromatic carbocycles. The first-order chi connectivity index (χ1) is 10.7. The number of fused-ring (bicyclic) bond motifs is 1. The number of thioether (sulfide) groups is 1. The quantitative estimate of drug-likeness (QED) is 0.779. The fourth-order valence-electron chi connectivity index (χ4n) is 2.48. The Morgan fingerprint density at radius 1 is 1.35 bits per heavy atom. The first-order valence-electron chi connectivity index (χ1n) is 6.79. The Balaban J connectivity index is 2.42. The average Bonchev–Trinajstić information content (AvgIpc) is 2.82. The van der Waals surface area contributed by atoms with Gasteiger partial charge in [0, 0.05) is 36.0 Å². The Morgan fingerprint density at radius 3 is 2.61 bits per heavy atom. The van der Waals surface area contributed by atoms with Gasteiger partial charge in [0.15, 0.2) is 0 Å². The van der Waals surface area contributed by atoms with E-state index in [1.165, 1.54) is 31.9 Å². The van der Waals surface area contributed by atoms with Gasteiger partial charge in [-0.3, -0.25) is 9.59 Å². The molecule has 1 unspecified atom stereocenters. The summed E-state index contributed by atoms with van der Waals surface area (Å²) < 4.78 is 48.8. The number of hydrogen-bond acceptors (Lipinski definition) is 5. The first-order valence-corrected chi connectivity index (χ1v) is 7.77. The summed E-state index contributed by atoms with van der Waals surface area (Å²) in [6.07, 6.45) is -4.48. The molecule has 1 heterocycles. The van der Waals surface area contributed by atoms with Crippen molar-refractivity contribution in [1.29, 1.82) is 0 Å². The van der Waals surface area contributed by atoms with Gasteiger partial charge in [0.05, 0.1) is 12.7 Å². The van der Waals surface area contributed by atoms with Crippen molar-refractivity contribution >= 4 is 23.7 Å². The summed E-state index contributed by atoms with van der Waals surface area (Å²) in [4.78, 5) is 23.4. The van der Waals surface area contributed by atoms with E-state index in [-0.39, 0.29) is 24.2 Å². The van der Waals surface area contributed by atoms with Crippen molar-refractivity contribution in [2.24, 2.45) is 0 Å². The topological polar surface area (TPSA) is 52.6 Å². The first kappa shape index (κ1) is 17.7. The van der Waals surface area contributed by atoms with Crippen molar-refractivity contribution in [3.63, 3.8) is 0 Å². The van der Waals surface area contributed by atoms with Crippen LogP contribution in [0.15, 0.2) is 23.1 Å². The molecule has 0 radical (unpaired) electrons. The van der Waals surface area contributed by atoms with E-state index in [1.54, 1.807) is 0 Å².